The Bertz CT molecular complexity index is 500. The van der Waals surface area contributed by atoms with Gasteiger partial charge in [-0.2, -0.15) is 4.31 Å². The van der Waals surface area contributed by atoms with Gasteiger partial charge >= 0.3 is 0 Å². The van der Waals surface area contributed by atoms with Crippen LogP contribution in [0.3, 0.4) is 0 Å². The van der Waals surface area contributed by atoms with Crippen LogP contribution in [0.25, 0.3) is 0 Å². The molecule has 108 valence electrons. The predicted molar refractivity (Wildman–Crippen MR) is 74.0 cm³/mol. The molecule has 1 unspecified atom stereocenters. The molecule has 1 rings (SSSR count). The number of rotatable bonds is 6. The Balaban J connectivity index is 3.05. The monoisotopic (exact) mass is 288 g/mol. The highest BCUT2D eigenvalue weighted by molar-refractivity contribution is 7.89. The van der Waals surface area contributed by atoms with Crippen LogP contribution in [0.5, 0.6) is 0 Å². The Morgan fingerprint density at radius 3 is 2.16 bits per heavy atom. The zero-order valence-corrected chi connectivity index (χ0v) is 12.6. The van der Waals surface area contributed by atoms with Gasteiger partial charge in [-0.05, 0) is 45.3 Å². The zero-order chi connectivity index (χ0) is 14.6. The molecule has 0 aliphatic rings. The number of nitrogens with zero attached hydrogens (tertiary/aromatic N) is 2. The van der Waals surface area contributed by atoms with Crippen LogP contribution in [0.2, 0.25) is 0 Å². The van der Waals surface area contributed by atoms with Crippen molar-refractivity contribution in [3.8, 4) is 0 Å². The van der Waals surface area contributed by atoms with Crippen molar-refractivity contribution in [1.29, 1.82) is 0 Å². The second-order valence-corrected chi connectivity index (χ2v) is 6.66. The quantitative estimate of drug-likeness (QED) is 0.801. The average molecular weight is 288 g/mol. The zero-order valence-electron chi connectivity index (χ0n) is 11.8. The second-order valence-electron chi connectivity index (χ2n) is 4.77. The summed E-state index contributed by atoms with van der Waals surface area (Å²) >= 11 is 0. The lowest BCUT2D eigenvalue weighted by Crippen LogP contribution is -2.43. The molecule has 0 fully saturated rings. The maximum Gasteiger partial charge on any atom is 0.243 e. The van der Waals surface area contributed by atoms with Crippen LogP contribution in [-0.4, -0.2) is 50.8 Å². The fourth-order valence-corrected chi connectivity index (χ4v) is 3.71. The van der Waals surface area contributed by atoms with Gasteiger partial charge in [-0.25, -0.2) is 12.8 Å². The van der Waals surface area contributed by atoms with Crippen molar-refractivity contribution in [2.24, 2.45) is 0 Å². The minimum absolute atomic E-state index is 0.126. The van der Waals surface area contributed by atoms with Gasteiger partial charge in [-0.15, -0.1) is 0 Å². The van der Waals surface area contributed by atoms with Gasteiger partial charge in [-0.3, -0.25) is 0 Å². The maximum absolute atomic E-state index is 12.9. The molecule has 0 saturated carbocycles. The third-order valence-electron chi connectivity index (χ3n) is 2.85. The highest BCUT2D eigenvalue weighted by Gasteiger charge is 2.27. The molecule has 0 saturated heterocycles. The van der Waals surface area contributed by atoms with Crippen LogP contribution in [0.15, 0.2) is 29.2 Å². The summed E-state index contributed by atoms with van der Waals surface area (Å²) in [6.45, 7) is 4.68. The molecular formula is C13H21FN2O2S. The Morgan fingerprint density at radius 1 is 1.21 bits per heavy atom. The Labute approximate surface area is 114 Å². The smallest absolute Gasteiger partial charge is 0.243 e. The Kier molecular flexibility index (Phi) is 5.46. The lowest BCUT2D eigenvalue weighted by molar-refractivity contribution is 0.271. The highest BCUT2D eigenvalue weighted by atomic mass is 32.2. The third kappa shape index (κ3) is 3.99. The van der Waals surface area contributed by atoms with E-state index >= 15 is 0 Å². The van der Waals surface area contributed by atoms with E-state index in [0.717, 1.165) is 12.1 Å². The third-order valence-corrected chi connectivity index (χ3v) is 4.96. The van der Waals surface area contributed by atoms with Crippen molar-refractivity contribution in [2.45, 2.75) is 24.8 Å². The average Bonchev–Trinajstić information content (AvgIpc) is 2.28. The Hall–Kier alpha value is -0.980. The summed E-state index contributed by atoms with van der Waals surface area (Å²) in [6, 6.07) is 4.79. The molecule has 6 heteroatoms. The van der Waals surface area contributed by atoms with E-state index in [4.69, 9.17) is 0 Å². The van der Waals surface area contributed by atoms with Gasteiger partial charge in [0, 0.05) is 19.1 Å². The first-order valence-corrected chi connectivity index (χ1v) is 7.65. The Morgan fingerprint density at radius 2 is 1.74 bits per heavy atom. The molecule has 0 spiro atoms. The summed E-state index contributed by atoms with van der Waals surface area (Å²) in [5.74, 6) is -0.441. The predicted octanol–water partition coefficient (Wildman–Crippen LogP) is 1.79. The largest absolute Gasteiger partial charge is 0.308 e. The standard InChI is InChI=1S/C13H21FN2O2S/c1-5-16(11(2)10-15(3)4)19(17,18)13-8-6-12(14)7-9-13/h6-9,11H,5,10H2,1-4H3. The van der Waals surface area contributed by atoms with E-state index in [0.29, 0.717) is 13.1 Å². The molecule has 0 N–H and O–H groups in total. The number of sulfonamides is 1. The first-order valence-electron chi connectivity index (χ1n) is 6.21. The van der Waals surface area contributed by atoms with Crippen LogP contribution in [-0.2, 0) is 10.0 Å². The van der Waals surface area contributed by atoms with Gasteiger partial charge in [0.2, 0.25) is 10.0 Å². The van der Waals surface area contributed by atoms with E-state index in [-0.39, 0.29) is 10.9 Å². The minimum Gasteiger partial charge on any atom is -0.308 e. The van der Waals surface area contributed by atoms with Gasteiger partial charge in [0.15, 0.2) is 0 Å². The maximum atomic E-state index is 12.9. The molecule has 4 nitrogen and oxygen atoms in total. The number of likely N-dealkylation sites (N-methyl/N-ethyl adjacent to an activating group) is 2. The van der Waals surface area contributed by atoms with E-state index in [1.807, 2.05) is 25.9 Å². The molecule has 0 aromatic heterocycles. The van der Waals surface area contributed by atoms with E-state index < -0.39 is 15.8 Å². The fourth-order valence-electron chi connectivity index (χ4n) is 2.08. The molecule has 1 aromatic carbocycles. The van der Waals surface area contributed by atoms with E-state index in [9.17, 15) is 12.8 Å². The lowest BCUT2D eigenvalue weighted by atomic mass is 10.3. The number of hydrogen-bond acceptors (Lipinski definition) is 3. The summed E-state index contributed by atoms with van der Waals surface area (Å²) < 4.78 is 39.3. The molecule has 0 aliphatic heterocycles. The van der Waals surface area contributed by atoms with Gasteiger partial charge in [0.25, 0.3) is 0 Å². The molecule has 1 aromatic rings. The molecule has 0 bridgehead atoms. The molecule has 0 amide bonds. The summed E-state index contributed by atoms with van der Waals surface area (Å²) in [4.78, 5) is 2.06. The molecule has 0 radical (unpaired) electrons. The van der Waals surface area contributed by atoms with Crippen molar-refractivity contribution < 1.29 is 12.8 Å². The number of halogens is 1. The molecule has 1 atom stereocenters. The van der Waals surface area contributed by atoms with Gasteiger partial charge in [-0.1, -0.05) is 6.92 Å². The second kappa shape index (κ2) is 6.45. The first-order chi connectivity index (χ1) is 8.78. The van der Waals surface area contributed by atoms with E-state index in [2.05, 4.69) is 0 Å². The van der Waals surface area contributed by atoms with Crippen LogP contribution >= 0.6 is 0 Å². The van der Waals surface area contributed by atoms with Crippen molar-refractivity contribution in [2.75, 3.05) is 27.2 Å². The van der Waals surface area contributed by atoms with Crippen molar-refractivity contribution in [3.05, 3.63) is 30.1 Å². The number of benzene rings is 1. The van der Waals surface area contributed by atoms with Crippen molar-refractivity contribution >= 4 is 10.0 Å². The minimum atomic E-state index is -3.57. The normalized spacial score (nSPS) is 14.1. The SMILES string of the molecule is CCN(C(C)CN(C)C)S(=O)(=O)c1ccc(F)cc1. The van der Waals surface area contributed by atoms with Crippen LogP contribution in [0.4, 0.5) is 4.39 Å². The summed E-state index contributed by atoms with van der Waals surface area (Å²) in [5, 5.41) is 0. The summed E-state index contributed by atoms with van der Waals surface area (Å²) in [7, 11) is 0.223. The topological polar surface area (TPSA) is 40.6 Å². The molecule has 0 aliphatic carbocycles. The van der Waals surface area contributed by atoms with Gasteiger partial charge < -0.3 is 4.90 Å². The van der Waals surface area contributed by atoms with Crippen LogP contribution in [0, 0.1) is 5.82 Å². The van der Waals surface area contributed by atoms with E-state index in [1.165, 1.54) is 16.4 Å². The molecule has 19 heavy (non-hydrogen) atoms. The molecule has 0 heterocycles. The van der Waals surface area contributed by atoms with Gasteiger partial charge in [0.1, 0.15) is 5.82 Å². The number of hydrogen-bond donors (Lipinski definition) is 0. The van der Waals surface area contributed by atoms with Gasteiger partial charge in [0.05, 0.1) is 4.90 Å². The summed E-state index contributed by atoms with van der Waals surface area (Å²) in [6.07, 6.45) is 0. The van der Waals surface area contributed by atoms with E-state index in [1.54, 1.807) is 6.92 Å². The lowest BCUT2D eigenvalue weighted by Gasteiger charge is -2.29. The first kappa shape index (κ1) is 16.1. The van der Waals surface area contributed by atoms with Crippen molar-refractivity contribution in [3.63, 3.8) is 0 Å². The molecular weight excluding hydrogens is 267 g/mol. The summed E-state index contributed by atoms with van der Waals surface area (Å²) in [5.41, 5.74) is 0. The van der Waals surface area contributed by atoms with Crippen molar-refractivity contribution in [1.82, 2.24) is 9.21 Å². The fraction of sp³-hybridized carbons (Fsp3) is 0.538. The van der Waals surface area contributed by atoms with Crippen LogP contribution in [0.1, 0.15) is 13.8 Å². The highest BCUT2D eigenvalue weighted by Crippen LogP contribution is 2.18. The van der Waals surface area contributed by atoms with Crippen LogP contribution < -0.4 is 0 Å².